The van der Waals surface area contributed by atoms with E-state index in [1.165, 1.54) is 30.0 Å². The van der Waals surface area contributed by atoms with Gasteiger partial charge in [-0.15, -0.1) is 0 Å². The number of carbonyl (C=O) groups is 1. The lowest BCUT2D eigenvalue weighted by Crippen LogP contribution is -2.23. The normalized spacial score (nSPS) is 11.4. The Balaban J connectivity index is 2.18. The van der Waals surface area contributed by atoms with Crippen LogP contribution in [0.2, 0.25) is 0 Å². The summed E-state index contributed by atoms with van der Waals surface area (Å²) in [5.41, 5.74) is -0.766. The summed E-state index contributed by atoms with van der Waals surface area (Å²) in [5, 5.41) is 8.36. The molecule has 0 spiro atoms. The van der Waals surface area contributed by atoms with Gasteiger partial charge in [0.25, 0.3) is 5.91 Å². The summed E-state index contributed by atoms with van der Waals surface area (Å²) in [5.74, 6) is -0.783. The Morgan fingerprint density at radius 3 is 2.48 bits per heavy atom. The first kappa shape index (κ1) is 16.7. The van der Waals surface area contributed by atoms with Gasteiger partial charge >= 0.3 is 6.18 Å². The standard InChI is InChI=1S/C16H10F3N3O3/c17-16(18,19)14-11-7-10(25-9-3-5-20-6-4-9)1-2-13(11)21-8-12(14)15(23)22-24/h1-8,24H,(H,22,23). The minimum Gasteiger partial charge on any atom is -0.457 e. The molecule has 0 aliphatic heterocycles. The zero-order chi connectivity index (χ0) is 18.0. The fourth-order valence-electron chi connectivity index (χ4n) is 2.32. The van der Waals surface area contributed by atoms with Crippen LogP contribution in [0.5, 0.6) is 11.5 Å². The number of nitrogens with zero attached hydrogens (tertiary/aromatic N) is 2. The highest BCUT2D eigenvalue weighted by Crippen LogP contribution is 2.38. The van der Waals surface area contributed by atoms with Gasteiger partial charge < -0.3 is 4.74 Å². The first-order valence-corrected chi connectivity index (χ1v) is 6.92. The van der Waals surface area contributed by atoms with Crippen LogP contribution in [0.15, 0.2) is 48.9 Å². The third-order valence-electron chi connectivity index (χ3n) is 3.35. The predicted molar refractivity (Wildman–Crippen MR) is 80.3 cm³/mol. The van der Waals surface area contributed by atoms with E-state index in [2.05, 4.69) is 9.97 Å². The van der Waals surface area contributed by atoms with Crippen molar-refractivity contribution in [2.45, 2.75) is 6.18 Å². The fraction of sp³-hybridized carbons (Fsp3) is 0.0625. The van der Waals surface area contributed by atoms with E-state index in [0.717, 1.165) is 12.3 Å². The molecule has 2 heterocycles. The monoisotopic (exact) mass is 349 g/mol. The molecule has 1 aromatic carbocycles. The van der Waals surface area contributed by atoms with Crippen molar-refractivity contribution in [2.24, 2.45) is 0 Å². The number of nitrogens with one attached hydrogen (secondary N) is 1. The van der Waals surface area contributed by atoms with Crippen LogP contribution < -0.4 is 10.2 Å². The Kier molecular flexibility index (Phi) is 4.24. The molecule has 3 rings (SSSR count). The van der Waals surface area contributed by atoms with Gasteiger partial charge in [-0.1, -0.05) is 0 Å². The van der Waals surface area contributed by atoms with Gasteiger partial charge in [-0.2, -0.15) is 13.2 Å². The van der Waals surface area contributed by atoms with Crippen LogP contribution in [0.4, 0.5) is 13.2 Å². The predicted octanol–water partition coefficient (Wildman–Crippen LogP) is 3.56. The summed E-state index contributed by atoms with van der Waals surface area (Å²) in [6.07, 6.45) is -1.12. The molecule has 25 heavy (non-hydrogen) atoms. The molecule has 0 aliphatic carbocycles. The van der Waals surface area contributed by atoms with Crippen LogP contribution in [0, 0.1) is 0 Å². The third-order valence-corrected chi connectivity index (χ3v) is 3.35. The lowest BCUT2D eigenvalue weighted by atomic mass is 10.0. The summed E-state index contributed by atoms with van der Waals surface area (Å²) in [7, 11) is 0. The number of carbonyl (C=O) groups excluding carboxylic acids is 1. The van der Waals surface area contributed by atoms with E-state index in [1.807, 2.05) is 0 Å². The van der Waals surface area contributed by atoms with Gasteiger partial charge in [0.15, 0.2) is 0 Å². The Morgan fingerprint density at radius 1 is 1.12 bits per heavy atom. The number of alkyl halides is 3. The van der Waals surface area contributed by atoms with Crippen LogP contribution in [-0.2, 0) is 6.18 Å². The van der Waals surface area contributed by atoms with Crippen LogP contribution in [-0.4, -0.2) is 21.1 Å². The molecular formula is C16H10F3N3O3. The number of halogens is 3. The highest BCUT2D eigenvalue weighted by atomic mass is 19.4. The smallest absolute Gasteiger partial charge is 0.417 e. The van der Waals surface area contributed by atoms with Crippen molar-refractivity contribution >= 4 is 16.8 Å². The second-order valence-electron chi connectivity index (χ2n) is 4.95. The average Bonchev–Trinajstić information content (AvgIpc) is 2.60. The van der Waals surface area contributed by atoms with Crippen LogP contribution in [0.1, 0.15) is 15.9 Å². The molecule has 0 bridgehead atoms. The van der Waals surface area contributed by atoms with Gasteiger partial charge in [0.2, 0.25) is 0 Å². The van der Waals surface area contributed by atoms with E-state index >= 15 is 0 Å². The van der Waals surface area contributed by atoms with Gasteiger partial charge in [0, 0.05) is 24.0 Å². The van der Waals surface area contributed by atoms with E-state index in [0.29, 0.717) is 5.75 Å². The molecule has 0 saturated carbocycles. The van der Waals surface area contributed by atoms with E-state index in [4.69, 9.17) is 9.94 Å². The fourth-order valence-corrected chi connectivity index (χ4v) is 2.32. The Hall–Kier alpha value is -3.20. The quantitative estimate of drug-likeness (QED) is 0.558. The Labute approximate surface area is 138 Å². The molecule has 0 fully saturated rings. The molecular weight excluding hydrogens is 339 g/mol. The molecule has 128 valence electrons. The highest BCUT2D eigenvalue weighted by Gasteiger charge is 2.37. The second kappa shape index (κ2) is 6.36. The molecule has 1 amide bonds. The summed E-state index contributed by atoms with van der Waals surface area (Å²) < 4.78 is 46.0. The molecule has 0 atom stereocenters. The molecule has 6 nitrogen and oxygen atoms in total. The van der Waals surface area contributed by atoms with E-state index in [-0.39, 0.29) is 16.7 Å². The van der Waals surface area contributed by atoms with Crippen molar-refractivity contribution < 1.29 is 27.9 Å². The number of hydrogen-bond acceptors (Lipinski definition) is 5. The number of hydroxylamine groups is 1. The lowest BCUT2D eigenvalue weighted by Gasteiger charge is -2.15. The summed E-state index contributed by atoms with van der Waals surface area (Å²) in [4.78, 5) is 19.2. The number of fused-ring (bicyclic) bond motifs is 1. The van der Waals surface area contributed by atoms with E-state index in [1.54, 1.807) is 12.1 Å². The maximum Gasteiger partial charge on any atom is 0.417 e. The van der Waals surface area contributed by atoms with Gasteiger partial charge in [-0.3, -0.25) is 20.0 Å². The highest BCUT2D eigenvalue weighted by molar-refractivity contribution is 6.00. The zero-order valence-electron chi connectivity index (χ0n) is 12.4. The Morgan fingerprint density at radius 2 is 1.84 bits per heavy atom. The van der Waals surface area contributed by atoms with Crippen molar-refractivity contribution in [3.63, 3.8) is 0 Å². The van der Waals surface area contributed by atoms with Crippen molar-refractivity contribution in [2.75, 3.05) is 0 Å². The van der Waals surface area contributed by atoms with Crippen molar-refractivity contribution in [1.82, 2.24) is 15.4 Å². The van der Waals surface area contributed by atoms with E-state index < -0.39 is 23.2 Å². The second-order valence-corrected chi connectivity index (χ2v) is 4.95. The maximum atomic E-state index is 13.5. The Bertz CT molecular complexity index is 930. The zero-order valence-corrected chi connectivity index (χ0v) is 12.4. The first-order chi connectivity index (χ1) is 11.9. The topological polar surface area (TPSA) is 84.3 Å². The number of pyridine rings is 2. The van der Waals surface area contributed by atoms with Gasteiger partial charge in [-0.05, 0) is 30.3 Å². The maximum absolute atomic E-state index is 13.5. The van der Waals surface area contributed by atoms with Crippen molar-refractivity contribution in [3.05, 3.63) is 60.0 Å². The summed E-state index contributed by atoms with van der Waals surface area (Å²) >= 11 is 0. The average molecular weight is 349 g/mol. The molecule has 0 saturated heterocycles. The molecule has 3 aromatic rings. The minimum absolute atomic E-state index is 0.0314. The summed E-state index contributed by atoms with van der Waals surface area (Å²) in [6, 6.07) is 7.04. The number of aromatic nitrogens is 2. The minimum atomic E-state index is -4.83. The number of ether oxygens (including phenoxy) is 1. The molecule has 2 N–H and O–H groups in total. The molecule has 9 heteroatoms. The van der Waals surface area contributed by atoms with Gasteiger partial charge in [-0.25, -0.2) is 5.48 Å². The van der Waals surface area contributed by atoms with Crippen LogP contribution in [0.25, 0.3) is 10.9 Å². The lowest BCUT2D eigenvalue weighted by molar-refractivity contribution is -0.136. The van der Waals surface area contributed by atoms with Gasteiger partial charge in [0.05, 0.1) is 16.6 Å². The molecule has 0 aliphatic rings. The van der Waals surface area contributed by atoms with Crippen LogP contribution >= 0.6 is 0 Å². The van der Waals surface area contributed by atoms with Crippen molar-refractivity contribution in [3.8, 4) is 11.5 Å². The largest absolute Gasteiger partial charge is 0.457 e. The molecule has 0 radical (unpaired) electrons. The van der Waals surface area contributed by atoms with Gasteiger partial charge in [0.1, 0.15) is 11.5 Å². The van der Waals surface area contributed by atoms with E-state index in [9.17, 15) is 18.0 Å². The van der Waals surface area contributed by atoms with Crippen molar-refractivity contribution in [1.29, 1.82) is 0 Å². The number of rotatable bonds is 3. The third kappa shape index (κ3) is 3.36. The molecule has 0 unspecified atom stereocenters. The number of hydrogen-bond donors (Lipinski definition) is 2. The molecule has 2 aromatic heterocycles. The first-order valence-electron chi connectivity index (χ1n) is 6.92. The number of benzene rings is 1. The summed E-state index contributed by atoms with van der Waals surface area (Å²) in [6.45, 7) is 0. The SMILES string of the molecule is O=C(NO)c1cnc2ccc(Oc3ccncc3)cc2c1C(F)(F)F. The van der Waals surface area contributed by atoms with Crippen LogP contribution in [0.3, 0.4) is 0 Å². The number of amides is 1.